The number of β-amino-alcohol motifs (C(OH)–C–C–N with tert-alkyl or cyclic N) is 1. The van der Waals surface area contributed by atoms with E-state index in [-0.39, 0.29) is 12.1 Å². The monoisotopic (exact) mass is 686 g/mol. The third kappa shape index (κ3) is 9.32. The molecule has 0 aliphatic carbocycles. The topological polar surface area (TPSA) is 177 Å². The lowest BCUT2D eigenvalue weighted by Gasteiger charge is -2.42. The Morgan fingerprint density at radius 2 is 1.61 bits per heavy atom. The lowest BCUT2D eigenvalue weighted by atomic mass is 9.85. The van der Waals surface area contributed by atoms with E-state index in [4.69, 9.17) is 47.0 Å². The minimum absolute atomic E-state index is 0.174. The fraction of sp³-hybridized carbons (Fsp3) is 0.519. The van der Waals surface area contributed by atoms with Crippen LogP contribution in [0.25, 0.3) is 11.0 Å². The molecule has 1 fully saturated rings. The van der Waals surface area contributed by atoms with Crippen LogP contribution in [-0.4, -0.2) is 96.6 Å². The molecule has 1 aliphatic rings. The van der Waals surface area contributed by atoms with E-state index in [2.05, 4.69) is 21.8 Å². The summed E-state index contributed by atoms with van der Waals surface area (Å²) >= 11 is 6.73. The average Bonchev–Trinajstić information content (AvgIpc) is 3.25. The summed E-state index contributed by atoms with van der Waals surface area (Å²) in [7, 11) is 0. The maximum absolute atomic E-state index is 10.6. The summed E-state index contributed by atoms with van der Waals surface area (Å²) < 4.78 is 71.6. The summed E-state index contributed by atoms with van der Waals surface area (Å²) in [6.07, 6.45) is -9.05. The number of halogens is 7. The second kappa shape index (κ2) is 15.1. The highest BCUT2D eigenvalue weighted by atomic mass is 35.5. The molecule has 0 bridgehead atoms. The quantitative estimate of drug-likeness (QED) is 0.253. The fourth-order valence-corrected chi connectivity index (χ4v) is 4.94. The highest BCUT2D eigenvalue weighted by molar-refractivity contribution is 6.31. The molecule has 0 amide bonds. The van der Waals surface area contributed by atoms with Crippen LogP contribution in [0.1, 0.15) is 55.1 Å². The molecule has 256 valence electrons. The highest BCUT2D eigenvalue weighted by Gasteiger charge is 2.39. The first-order valence-corrected chi connectivity index (χ1v) is 13.9. The number of aromatic nitrogens is 4. The number of aryl methyl sites for hydroxylation is 1. The Kier molecular flexibility index (Phi) is 12.6. The number of carbonyl (C=O) groups is 2. The Bertz CT molecular complexity index is 1520. The van der Waals surface area contributed by atoms with E-state index in [0.29, 0.717) is 35.6 Å². The van der Waals surface area contributed by atoms with Gasteiger partial charge in [0, 0.05) is 41.7 Å². The maximum atomic E-state index is 10.6. The number of nitrogen functional groups attached to an aromatic ring is 1. The maximum Gasteiger partial charge on any atom is 0.490 e. The van der Waals surface area contributed by atoms with Gasteiger partial charge in [-0.2, -0.15) is 31.4 Å². The van der Waals surface area contributed by atoms with Gasteiger partial charge in [0.15, 0.2) is 5.65 Å². The number of rotatable bonds is 7. The van der Waals surface area contributed by atoms with Crippen LogP contribution < -0.4 is 10.5 Å². The van der Waals surface area contributed by atoms with Crippen molar-refractivity contribution in [3.8, 4) is 5.75 Å². The number of aliphatic carboxylic acids is 2. The molecule has 2 aromatic heterocycles. The summed E-state index contributed by atoms with van der Waals surface area (Å²) in [6, 6.07) is 1.81. The lowest BCUT2D eigenvalue weighted by Crippen LogP contribution is -2.48. The van der Waals surface area contributed by atoms with Crippen LogP contribution in [0.2, 0.25) is 5.02 Å². The summed E-state index contributed by atoms with van der Waals surface area (Å²) in [4.78, 5) is 28.6. The van der Waals surface area contributed by atoms with E-state index in [9.17, 15) is 31.4 Å². The minimum atomic E-state index is -5.08. The van der Waals surface area contributed by atoms with Crippen molar-refractivity contribution in [3.05, 3.63) is 39.8 Å². The van der Waals surface area contributed by atoms with Gasteiger partial charge in [0.05, 0.1) is 29.8 Å². The molecule has 4 rings (SSSR count). The number of aliphatic hydroxyl groups is 1. The third-order valence-corrected chi connectivity index (χ3v) is 7.12. The number of alkyl halides is 6. The van der Waals surface area contributed by atoms with Gasteiger partial charge in [-0.05, 0) is 46.2 Å². The largest absolute Gasteiger partial charge is 0.493 e. The van der Waals surface area contributed by atoms with Gasteiger partial charge in [0.2, 0.25) is 0 Å². The molecule has 3 aromatic rings. The first-order chi connectivity index (χ1) is 21.1. The van der Waals surface area contributed by atoms with Crippen molar-refractivity contribution in [2.75, 3.05) is 32.0 Å². The standard InChI is InChI=1S/C23H31ClN6O2.2C2HF3O2/c1-6-32-21-17(15(5)30-23-20(14(4)28-30)22(25)26-11-27-23)7-18(24)13(3)19(21)16-9-29(10-16)8-12(2)31;2*3-2(4,5)1(6)7/h7,11-12,15-16,31H,6,8-10H2,1-5H3,(H2,25,26,27);2*(H,6,7)/t12-,15?;;/m0../s1. The van der Waals surface area contributed by atoms with E-state index in [1.807, 2.05) is 38.4 Å². The number of carboxylic acids is 2. The number of hydrogen-bond acceptors (Lipinski definition) is 9. The second-order valence-electron chi connectivity index (χ2n) is 10.3. The van der Waals surface area contributed by atoms with Gasteiger partial charge < -0.3 is 25.8 Å². The van der Waals surface area contributed by atoms with Gasteiger partial charge >= 0.3 is 24.3 Å². The number of anilines is 1. The Labute approximate surface area is 263 Å². The predicted molar refractivity (Wildman–Crippen MR) is 154 cm³/mol. The van der Waals surface area contributed by atoms with E-state index in [1.54, 1.807) is 0 Å². The fourth-order valence-electron chi connectivity index (χ4n) is 4.72. The molecule has 5 N–H and O–H groups in total. The Morgan fingerprint density at radius 3 is 2.07 bits per heavy atom. The Morgan fingerprint density at radius 1 is 1.09 bits per heavy atom. The number of nitrogens with zero attached hydrogens (tertiary/aromatic N) is 5. The third-order valence-electron chi connectivity index (χ3n) is 6.72. The molecule has 0 radical (unpaired) electrons. The van der Waals surface area contributed by atoms with Crippen molar-refractivity contribution in [2.24, 2.45) is 0 Å². The van der Waals surface area contributed by atoms with Gasteiger partial charge in [0.25, 0.3) is 0 Å². The molecular weight excluding hydrogens is 654 g/mol. The van der Waals surface area contributed by atoms with Crippen LogP contribution in [0.5, 0.6) is 5.75 Å². The van der Waals surface area contributed by atoms with Crippen molar-refractivity contribution < 1.29 is 56.0 Å². The van der Waals surface area contributed by atoms with Gasteiger partial charge in [-0.3, -0.25) is 4.90 Å². The Hall–Kier alpha value is -3.90. The van der Waals surface area contributed by atoms with Crippen LogP contribution in [0, 0.1) is 13.8 Å². The SMILES string of the molecule is CCOc1c(C(C)n2nc(C)c3c(N)ncnc32)cc(Cl)c(C)c1C1CN(C[C@H](C)O)C1.O=C(O)C(F)(F)F.O=C(O)C(F)(F)F. The van der Waals surface area contributed by atoms with E-state index in [0.717, 1.165) is 46.6 Å². The van der Waals surface area contributed by atoms with Crippen molar-refractivity contribution in [3.63, 3.8) is 0 Å². The highest BCUT2D eigenvalue weighted by Crippen LogP contribution is 2.44. The minimum Gasteiger partial charge on any atom is -0.493 e. The smallest absolute Gasteiger partial charge is 0.490 e. The molecule has 1 saturated heterocycles. The van der Waals surface area contributed by atoms with Crippen molar-refractivity contribution in [1.29, 1.82) is 0 Å². The van der Waals surface area contributed by atoms with E-state index < -0.39 is 24.3 Å². The van der Waals surface area contributed by atoms with Gasteiger partial charge in [-0.1, -0.05) is 11.6 Å². The number of carboxylic acid groups (broad SMARTS) is 2. The Balaban J connectivity index is 0.000000440. The zero-order valence-corrected chi connectivity index (χ0v) is 26.0. The molecule has 1 aromatic carbocycles. The van der Waals surface area contributed by atoms with Gasteiger partial charge in [-0.15, -0.1) is 0 Å². The molecule has 46 heavy (non-hydrogen) atoms. The van der Waals surface area contributed by atoms with Crippen LogP contribution in [0.15, 0.2) is 12.4 Å². The molecule has 12 nitrogen and oxygen atoms in total. The van der Waals surface area contributed by atoms with Gasteiger partial charge in [-0.25, -0.2) is 24.2 Å². The number of hydrogen-bond donors (Lipinski definition) is 4. The van der Waals surface area contributed by atoms with Crippen molar-refractivity contribution >= 4 is 40.4 Å². The summed E-state index contributed by atoms with van der Waals surface area (Å²) in [5.41, 5.74) is 10.7. The number of likely N-dealkylation sites (tertiary alicyclic amines) is 1. The zero-order chi connectivity index (χ0) is 35.3. The molecule has 1 unspecified atom stereocenters. The van der Waals surface area contributed by atoms with Crippen molar-refractivity contribution in [2.45, 2.75) is 65.0 Å². The number of fused-ring (bicyclic) bond motifs is 1. The summed E-state index contributed by atoms with van der Waals surface area (Å²) in [5, 5.41) is 30.2. The molecule has 0 spiro atoms. The first-order valence-electron chi connectivity index (χ1n) is 13.5. The second-order valence-corrected chi connectivity index (χ2v) is 10.7. The normalized spacial score (nSPS) is 15.2. The number of ether oxygens (including phenoxy) is 1. The molecule has 19 heteroatoms. The average molecular weight is 687 g/mol. The number of nitrogens with two attached hydrogens (primary N) is 1. The van der Waals surface area contributed by atoms with Crippen LogP contribution in [-0.2, 0) is 9.59 Å². The number of aliphatic hydroxyl groups excluding tert-OH is 1. The molecule has 3 heterocycles. The van der Waals surface area contributed by atoms with E-state index in [1.165, 1.54) is 6.33 Å². The predicted octanol–water partition coefficient (Wildman–Crippen LogP) is 4.73. The van der Waals surface area contributed by atoms with Crippen molar-refractivity contribution in [1.82, 2.24) is 24.6 Å². The van der Waals surface area contributed by atoms with Crippen LogP contribution >= 0.6 is 11.6 Å². The van der Waals surface area contributed by atoms with Gasteiger partial charge in [0.1, 0.15) is 17.9 Å². The summed E-state index contributed by atoms with van der Waals surface area (Å²) in [6.45, 7) is 12.8. The zero-order valence-electron chi connectivity index (χ0n) is 25.2. The van der Waals surface area contributed by atoms with Crippen LogP contribution in [0.3, 0.4) is 0 Å². The van der Waals surface area contributed by atoms with E-state index >= 15 is 0 Å². The molecule has 1 aliphatic heterocycles. The lowest BCUT2D eigenvalue weighted by molar-refractivity contribution is -0.193. The first kappa shape index (κ1) is 38.3. The molecular formula is C27H33ClF6N6O6. The summed E-state index contributed by atoms with van der Waals surface area (Å²) in [5.74, 6) is -3.92. The van der Waals surface area contributed by atoms with Crippen LogP contribution in [0.4, 0.5) is 32.2 Å². The number of benzene rings is 1. The molecule has 0 saturated carbocycles. The molecule has 2 atom stereocenters.